The number of esters is 1. The van der Waals surface area contributed by atoms with E-state index in [0.717, 1.165) is 10.0 Å². The first kappa shape index (κ1) is 13.4. The Balaban J connectivity index is 3.24. The van der Waals surface area contributed by atoms with Gasteiger partial charge < -0.3 is 9.47 Å². The van der Waals surface area contributed by atoms with Crippen LogP contribution in [-0.4, -0.2) is 26.9 Å². The highest BCUT2D eigenvalue weighted by Crippen LogP contribution is 2.30. The molecule has 0 aliphatic rings. The van der Waals surface area contributed by atoms with E-state index in [-0.39, 0.29) is 5.70 Å². The van der Waals surface area contributed by atoms with Crippen LogP contribution < -0.4 is 4.74 Å². The van der Waals surface area contributed by atoms with Gasteiger partial charge in [-0.15, -0.1) is 0 Å². The summed E-state index contributed by atoms with van der Waals surface area (Å²) in [6.07, 6.45) is 1.56. The number of carbonyl (C=O) groups is 1. The van der Waals surface area contributed by atoms with Gasteiger partial charge in [0.25, 0.3) is 0 Å². The van der Waals surface area contributed by atoms with Crippen LogP contribution >= 0.6 is 15.9 Å². The largest absolute Gasteiger partial charge is 0.495 e. The molecular formula is C12H12BrNO3. The highest BCUT2D eigenvalue weighted by atomic mass is 79.9. The molecule has 5 heteroatoms. The zero-order chi connectivity index (χ0) is 12.8. The van der Waals surface area contributed by atoms with Gasteiger partial charge in [0.1, 0.15) is 11.4 Å². The molecule has 1 rings (SSSR count). The van der Waals surface area contributed by atoms with Crippen molar-refractivity contribution < 1.29 is 14.3 Å². The maximum absolute atomic E-state index is 11.4. The lowest BCUT2D eigenvalue weighted by atomic mass is 10.1. The summed E-state index contributed by atoms with van der Waals surface area (Å²) in [4.78, 5) is 15.0. The van der Waals surface area contributed by atoms with Crippen molar-refractivity contribution in [2.75, 3.05) is 14.2 Å². The zero-order valence-corrected chi connectivity index (χ0v) is 11.2. The van der Waals surface area contributed by atoms with Gasteiger partial charge in [-0.3, -0.25) is 4.99 Å². The number of hydrogen-bond acceptors (Lipinski definition) is 4. The second-order valence-electron chi connectivity index (χ2n) is 3.04. The van der Waals surface area contributed by atoms with Crippen LogP contribution in [0.2, 0.25) is 0 Å². The number of nitrogens with zero attached hydrogens (tertiary/aromatic N) is 1. The van der Waals surface area contributed by atoms with Crippen molar-refractivity contribution in [3.05, 3.63) is 33.9 Å². The summed E-state index contributed by atoms with van der Waals surface area (Å²) in [5.41, 5.74) is 0.846. The van der Waals surface area contributed by atoms with Gasteiger partial charge in [-0.1, -0.05) is 12.1 Å². The average molecular weight is 298 g/mol. The molecule has 0 fully saturated rings. The first-order valence-corrected chi connectivity index (χ1v) is 5.52. The molecule has 0 radical (unpaired) electrons. The Hall–Kier alpha value is -1.62. The van der Waals surface area contributed by atoms with Crippen molar-refractivity contribution in [3.8, 4) is 5.75 Å². The fraction of sp³-hybridized carbons (Fsp3) is 0.167. The van der Waals surface area contributed by atoms with Crippen LogP contribution in [0.15, 0.2) is 33.4 Å². The third kappa shape index (κ3) is 3.17. The molecule has 0 unspecified atom stereocenters. The second kappa shape index (κ2) is 6.20. The molecule has 0 saturated heterocycles. The Morgan fingerprint density at radius 1 is 1.47 bits per heavy atom. The van der Waals surface area contributed by atoms with Crippen LogP contribution in [0.25, 0.3) is 6.08 Å². The molecule has 0 saturated carbocycles. The first-order valence-electron chi connectivity index (χ1n) is 4.73. The van der Waals surface area contributed by atoms with Crippen LogP contribution in [0, 0.1) is 0 Å². The SMILES string of the molecule is C=N/C(=C\c1cccc(Br)c1OC)C(=O)OC. The van der Waals surface area contributed by atoms with E-state index in [0.29, 0.717) is 5.75 Å². The second-order valence-corrected chi connectivity index (χ2v) is 3.90. The van der Waals surface area contributed by atoms with Crippen molar-refractivity contribution >= 4 is 34.7 Å². The van der Waals surface area contributed by atoms with Crippen LogP contribution in [0.5, 0.6) is 5.75 Å². The highest BCUT2D eigenvalue weighted by Gasteiger charge is 2.10. The van der Waals surface area contributed by atoms with E-state index in [2.05, 4.69) is 32.4 Å². The molecule has 0 aliphatic heterocycles. The smallest absolute Gasteiger partial charge is 0.356 e. The van der Waals surface area contributed by atoms with E-state index in [1.54, 1.807) is 19.3 Å². The Labute approximate surface area is 108 Å². The molecule has 90 valence electrons. The normalized spacial score (nSPS) is 10.9. The quantitative estimate of drug-likeness (QED) is 0.488. The van der Waals surface area contributed by atoms with Gasteiger partial charge in [-0.25, -0.2) is 4.79 Å². The Bertz CT molecular complexity index is 469. The standard InChI is InChI=1S/C12H12BrNO3/c1-14-10(12(15)17-3)7-8-5-4-6-9(13)11(8)16-2/h4-7H,1H2,2-3H3/b10-7-. The highest BCUT2D eigenvalue weighted by molar-refractivity contribution is 9.10. The number of hydrogen-bond donors (Lipinski definition) is 0. The van der Waals surface area contributed by atoms with Gasteiger partial charge in [0.05, 0.1) is 18.7 Å². The van der Waals surface area contributed by atoms with Crippen molar-refractivity contribution in [1.82, 2.24) is 0 Å². The van der Waals surface area contributed by atoms with Crippen molar-refractivity contribution in [2.24, 2.45) is 4.99 Å². The molecule has 0 amide bonds. The molecule has 0 N–H and O–H groups in total. The molecule has 4 nitrogen and oxygen atoms in total. The van der Waals surface area contributed by atoms with Gasteiger partial charge in [-0.2, -0.15) is 0 Å². The van der Waals surface area contributed by atoms with Gasteiger partial charge in [-0.05, 0) is 34.8 Å². The van der Waals surface area contributed by atoms with Crippen LogP contribution in [0.3, 0.4) is 0 Å². The molecule has 1 aromatic rings. The fourth-order valence-electron chi connectivity index (χ4n) is 1.28. The lowest BCUT2D eigenvalue weighted by molar-refractivity contribution is -0.136. The number of halogens is 1. The number of methoxy groups -OCH3 is 2. The maximum atomic E-state index is 11.4. The summed E-state index contributed by atoms with van der Waals surface area (Å²) in [6.45, 7) is 3.33. The van der Waals surface area contributed by atoms with Crippen LogP contribution in [0.1, 0.15) is 5.56 Å². The predicted molar refractivity (Wildman–Crippen MR) is 70.2 cm³/mol. The van der Waals surface area contributed by atoms with E-state index in [9.17, 15) is 4.79 Å². The van der Waals surface area contributed by atoms with Gasteiger partial charge >= 0.3 is 5.97 Å². The van der Waals surface area contributed by atoms with E-state index in [1.807, 2.05) is 12.1 Å². The predicted octanol–water partition coefficient (Wildman–Crippen LogP) is 2.67. The number of rotatable bonds is 4. The molecule has 0 spiro atoms. The summed E-state index contributed by atoms with van der Waals surface area (Å²) in [5.74, 6) is 0.0829. The minimum Gasteiger partial charge on any atom is -0.495 e. The molecule has 0 atom stereocenters. The summed E-state index contributed by atoms with van der Waals surface area (Å²) in [7, 11) is 2.84. The van der Waals surface area contributed by atoms with Crippen molar-refractivity contribution in [3.63, 3.8) is 0 Å². The van der Waals surface area contributed by atoms with Crippen LogP contribution in [-0.2, 0) is 9.53 Å². The third-order valence-electron chi connectivity index (χ3n) is 2.06. The van der Waals surface area contributed by atoms with Crippen molar-refractivity contribution in [1.29, 1.82) is 0 Å². The minimum absolute atomic E-state index is 0.129. The topological polar surface area (TPSA) is 47.9 Å². The Morgan fingerprint density at radius 2 is 2.18 bits per heavy atom. The van der Waals surface area contributed by atoms with Crippen molar-refractivity contribution in [2.45, 2.75) is 0 Å². The Morgan fingerprint density at radius 3 is 2.71 bits per heavy atom. The average Bonchev–Trinajstić information content (AvgIpc) is 2.35. The number of benzene rings is 1. The molecule has 0 aliphatic carbocycles. The maximum Gasteiger partial charge on any atom is 0.356 e. The third-order valence-corrected chi connectivity index (χ3v) is 2.68. The van der Waals surface area contributed by atoms with E-state index >= 15 is 0 Å². The van der Waals surface area contributed by atoms with Gasteiger partial charge in [0.2, 0.25) is 0 Å². The summed E-state index contributed by atoms with van der Waals surface area (Å²) in [5, 5.41) is 0. The monoisotopic (exact) mass is 297 g/mol. The first-order chi connectivity index (χ1) is 8.13. The van der Waals surface area contributed by atoms with Crippen LogP contribution in [0.4, 0.5) is 0 Å². The summed E-state index contributed by atoms with van der Waals surface area (Å²) in [6, 6.07) is 5.48. The van der Waals surface area contributed by atoms with Gasteiger partial charge in [0.15, 0.2) is 0 Å². The van der Waals surface area contributed by atoms with Gasteiger partial charge in [0, 0.05) is 5.56 Å². The molecular weight excluding hydrogens is 286 g/mol. The summed E-state index contributed by atoms with van der Waals surface area (Å²) >= 11 is 3.36. The lowest BCUT2D eigenvalue weighted by Crippen LogP contribution is -2.02. The molecule has 0 heterocycles. The summed E-state index contributed by atoms with van der Waals surface area (Å²) < 4.78 is 10.6. The van der Waals surface area contributed by atoms with E-state index in [1.165, 1.54) is 7.11 Å². The number of para-hydroxylation sites is 1. The van der Waals surface area contributed by atoms with E-state index < -0.39 is 5.97 Å². The molecule has 0 bridgehead atoms. The number of ether oxygens (including phenoxy) is 2. The fourth-order valence-corrected chi connectivity index (χ4v) is 1.82. The lowest BCUT2D eigenvalue weighted by Gasteiger charge is -2.07. The molecule has 0 aromatic heterocycles. The molecule has 17 heavy (non-hydrogen) atoms. The number of carbonyl (C=O) groups excluding carboxylic acids is 1. The number of aliphatic imine (C=N–C) groups is 1. The molecule has 1 aromatic carbocycles. The zero-order valence-electron chi connectivity index (χ0n) is 9.57. The van der Waals surface area contributed by atoms with E-state index in [4.69, 9.17) is 4.74 Å². The Kier molecular flexibility index (Phi) is 4.90. The minimum atomic E-state index is -0.540.